The summed E-state index contributed by atoms with van der Waals surface area (Å²) in [7, 11) is 1.94. The SMILES string of the molecule is Cn1nccc1N1CCC[C@H](NC(=O)Cc2ccc(Cl)s2)C1. The van der Waals surface area contributed by atoms with Crippen molar-refractivity contribution in [2.24, 2.45) is 7.05 Å². The Morgan fingerprint density at radius 1 is 1.50 bits per heavy atom. The van der Waals surface area contributed by atoms with E-state index < -0.39 is 0 Å². The van der Waals surface area contributed by atoms with Crippen LogP contribution in [0.4, 0.5) is 5.82 Å². The zero-order valence-corrected chi connectivity index (χ0v) is 14.0. The average molecular weight is 339 g/mol. The Hall–Kier alpha value is -1.53. The van der Waals surface area contributed by atoms with Crippen LogP contribution < -0.4 is 10.2 Å². The lowest BCUT2D eigenvalue weighted by Gasteiger charge is -2.34. The monoisotopic (exact) mass is 338 g/mol. The lowest BCUT2D eigenvalue weighted by atomic mass is 10.1. The van der Waals surface area contributed by atoms with E-state index in [4.69, 9.17) is 11.6 Å². The van der Waals surface area contributed by atoms with Crippen molar-refractivity contribution < 1.29 is 4.79 Å². The van der Waals surface area contributed by atoms with Gasteiger partial charge in [0.2, 0.25) is 5.91 Å². The maximum atomic E-state index is 12.2. The average Bonchev–Trinajstić information content (AvgIpc) is 3.07. The number of piperidine rings is 1. The van der Waals surface area contributed by atoms with Crippen LogP contribution in [-0.2, 0) is 18.3 Å². The molecule has 3 rings (SSSR count). The lowest BCUT2D eigenvalue weighted by Crippen LogP contribution is -2.48. The van der Waals surface area contributed by atoms with Crippen molar-refractivity contribution in [3.63, 3.8) is 0 Å². The molecule has 0 spiro atoms. The summed E-state index contributed by atoms with van der Waals surface area (Å²) in [6.07, 6.45) is 4.30. The second-order valence-corrected chi connectivity index (χ2v) is 7.35. The fourth-order valence-corrected chi connectivity index (χ4v) is 3.95. The molecule has 1 N–H and O–H groups in total. The van der Waals surface area contributed by atoms with Crippen LogP contribution in [0.25, 0.3) is 0 Å². The number of nitrogens with one attached hydrogen (secondary N) is 1. The Labute approximate surface area is 138 Å². The lowest BCUT2D eigenvalue weighted by molar-refractivity contribution is -0.121. The second kappa shape index (κ2) is 6.71. The smallest absolute Gasteiger partial charge is 0.225 e. The minimum Gasteiger partial charge on any atom is -0.355 e. The number of hydrogen-bond acceptors (Lipinski definition) is 4. The summed E-state index contributed by atoms with van der Waals surface area (Å²) in [5, 5.41) is 7.35. The van der Waals surface area contributed by atoms with Crippen LogP contribution in [0.1, 0.15) is 17.7 Å². The maximum absolute atomic E-state index is 12.2. The number of carbonyl (C=O) groups excluding carboxylic acids is 1. The molecule has 0 unspecified atom stereocenters. The normalized spacial score (nSPS) is 18.5. The van der Waals surface area contributed by atoms with E-state index in [0.717, 1.165) is 41.0 Å². The molecule has 0 aliphatic carbocycles. The molecule has 5 nitrogen and oxygen atoms in total. The van der Waals surface area contributed by atoms with E-state index in [1.807, 2.05) is 29.9 Å². The third-order valence-electron chi connectivity index (χ3n) is 3.87. The fourth-order valence-electron chi connectivity index (χ4n) is 2.86. The predicted molar refractivity (Wildman–Crippen MR) is 89.6 cm³/mol. The molecule has 2 aromatic heterocycles. The molecule has 0 saturated carbocycles. The Morgan fingerprint density at radius 2 is 2.36 bits per heavy atom. The number of thiophene rings is 1. The van der Waals surface area contributed by atoms with E-state index in [2.05, 4.69) is 15.3 Å². The number of rotatable bonds is 4. The van der Waals surface area contributed by atoms with E-state index in [9.17, 15) is 4.79 Å². The van der Waals surface area contributed by atoms with Crippen LogP contribution in [0.2, 0.25) is 4.34 Å². The van der Waals surface area contributed by atoms with Crippen LogP contribution in [0.3, 0.4) is 0 Å². The topological polar surface area (TPSA) is 50.2 Å². The molecule has 3 heterocycles. The molecule has 118 valence electrons. The predicted octanol–water partition coefficient (Wildman–Crippen LogP) is 2.46. The summed E-state index contributed by atoms with van der Waals surface area (Å²) >= 11 is 7.36. The van der Waals surface area contributed by atoms with Gasteiger partial charge in [-0.15, -0.1) is 11.3 Å². The van der Waals surface area contributed by atoms with Crippen molar-refractivity contribution in [3.8, 4) is 0 Å². The van der Waals surface area contributed by atoms with E-state index in [0.29, 0.717) is 6.42 Å². The summed E-state index contributed by atoms with van der Waals surface area (Å²) in [6.45, 7) is 1.84. The van der Waals surface area contributed by atoms with E-state index >= 15 is 0 Å². The van der Waals surface area contributed by atoms with Crippen molar-refractivity contribution in [2.75, 3.05) is 18.0 Å². The Kier molecular flexibility index (Phi) is 4.69. The summed E-state index contributed by atoms with van der Waals surface area (Å²) in [5.74, 6) is 1.17. The number of hydrogen-bond donors (Lipinski definition) is 1. The molecule has 1 atom stereocenters. The van der Waals surface area contributed by atoms with Crippen molar-refractivity contribution in [1.82, 2.24) is 15.1 Å². The number of halogens is 1. The number of amides is 1. The number of carbonyl (C=O) groups is 1. The highest BCUT2D eigenvalue weighted by Crippen LogP contribution is 2.22. The number of anilines is 1. The molecule has 1 amide bonds. The molecule has 1 aliphatic heterocycles. The second-order valence-electron chi connectivity index (χ2n) is 5.55. The first-order chi connectivity index (χ1) is 10.6. The standard InChI is InChI=1S/C15H19ClN4OS/c1-19-15(6-7-17-19)20-8-2-3-11(10-20)18-14(21)9-12-4-5-13(16)22-12/h4-7,11H,2-3,8-10H2,1H3,(H,18,21)/t11-/m0/s1. The van der Waals surface area contributed by atoms with Gasteiger partial charge in [-0.3, -0.25) is 9.48 Å². The van der Waals surface area contributed by atoms with Crippen LogP contribution in [0.5, 0.6) is 0 Å². The Bertz CT molecular complexity index is 654. The van der Waals surface area contributed by atoms with Gasteiger partial charge < -0.3 is 10.2 Å². The molecule has 1 fully saturated rings. The van der Waals surface area contributed by atoms with Gasteiger partial charge >= 0.3 is 0 Å². The number of aryl methyl sites for hydroxylation is 1. The largest absolute Gasteiger partial charge is 0.355 e. The zero-order valence-electron chi connectivity index (χ0n) is 12.5. The van der Waals surface area contributed by atoms with Gasteiger partial charge in [0.15, 0.2) is 0 Å². The molecule has 0 bridgehead atoms. The van der Waals surface area contributed by atoms with Crippen molar-refractivity contribution >= 4 is 34.7 Å². The first-order valence-electron chi connectivity index (χ1n) is 7.38. The molecule has 0 aromatic carbocycles. The fraction of sp³-hybridized carbons (Fsp3) is 0.467. The summed E-state index contributed by atoms with van der Waals surface area (Å²) in [6, 6.07) is 5.94. The van der Waals surface area contributed by atoms with Gasteiger partial charge in [0.1, 0.15) is 5.82 Å². The van der Waals surface area contributed by atoms with Crippen LogP contribution in [0, 0.1) is 0 Å². The van der Waals surface area contributed by atoms with Crippen molar-refractivity contribution in [1.29, 1.82) is 0 Å². The minimum absolute atomic E-state index is 0.0652. The molecular weight excluding hydrogens is 320 g/mol. The Morgan fingerprint density at radius 3 is 3.05 bits per heavy atom. The van der Waals surface area contributed by atoms with Gasteiger partial charge in [0, 0.05) is 37.1 Å². The van der Waals surface area contributed by atoms with Crippen LogP contribution in [0.15, 0.2) is 24.4 Å². The van der Waals surface area contributed by atoms with Gasteiger partial charge in [-0.05, 0) is 25.0 Å². The summed E-state index contributed by atoms with van der Waals surface area (Å²) in [5.41, 5.74) is 0. The molecule has 7 heteroatoms. The number of aromatic nitrogens is 2. The molecule has 1 aliphatic rings. The van der Waals surface area contributed by atoms with Crippen LogP contribution >= 0.6 is 22.9 Å². The van der Waals surface area contributed by atoms with Crippen molar-refractivity contribution in [2.45, 2.75) is 25.3 Å². The van der Waals surface area contributed by atoms with Gasteiger partial charge in [0.25, 0.3) is 0 Å². The van der Waals surface area contributed by atoms with Crippen molar-refractivity contribution in [3.05, 3.63) is 33.6 Å². The highest BCUT2D eigenvalue weighted by atomic mass is 35.5. The quantitative estimate of drug-likeness (QED) is 0.931. The molecule has 0 radical (unpaired) electrons. The zero-order chi connectivity index (χ0) is 15.5. The highest BCUT2D eigenvalue weighted by Gasteiger charge is 2.23. The molecule has 1 saturated heterocycles. The van der Waals surface area contributed by atoms with E-state index in [1.165, 1.54) is 11.3 Å². The van der Waals surface area contributed by atoms with E-state index in [1.54, 1.807) is 6.20 Å². The van der Waals surface area contributed by atoms with E-state index in [-0.39, 0.29) is 11.9 Å². The third-order valence-corrected chi connectivity index (χ3v) is 5.10. The van der Waals surface area contributed by atoms with Gasteiger partial charge in [-0.2, -0.15) is 5.10 Å². The van der Waals surface area contributed by atoms with Gasteiger partial charge in [0.05, 0.1) is 17.0 Å². The minimum atomic E-state index is 0.0652. The van der Waals surface area contributed by atoms with Gasteiger partial charge in [-0.1, -0.05) is 11.6 Å². The maximum Gasteiger partial charge on any atom is 0.225 e. The molecule has 22 heavy (non-hydrogen) atoms. The Balaban J connectivity index is 1.56. The molecule has 2 aromatic rings. The number of nitrogens with zero attached hydrogens (tertiary/aromatic N) is 3. The van der Waals surface area contributed by atoms with Gasteiger partial charge in [-0.25, -0.2) is 0 Å². The van der Waals surface area contributed by atoms with Crippen LogP contribution in [-0.4, -0.2) is 34.8 Å². The summed E-state index contributed by atoms with van der Waals surface area (Å²) in [4.78, 5) is 15.4. The first-order valence-corrected chi connectivity index (χ1v) is 8.58. The highest BCUT2D eigenvalue weighted by molar-refractivity contribution is 7.16. The molecular formula is C15H19ClN4OS. The summed E-state index contributed by atoms with van der Waals surface area (Å²) < 4.78 is 2.60. The first kappa shape index (κ1) is 15.4. The third kappa shape index (κ3) is 3.62.